The molecule has 1 N–H and O–H groups in total. The predicted octanol–water partition coefficient (Wildman–Crippen LogP) is 3.41. The second-order valence-electron chi connectivity index (χ2n) is 4.21. The summed E-state index contributed by atoms with van der Waals surface area (Å²) in [5.41, 5.74) is 0.113. The van der Waals surface area contributed by atoms with E-state index in [0.29, 0.717) is 17.0 Å². The second kappa shape index (κ2) is 8.82. The highest BCUT2D eigenvalue weighted by molar-refractivity contribution is 6.32. The van der Waals surface area contributed by atoms with Crippen molar-refractivity contribution in [1.82, 2.24) is 0 Å². The third kappa shape index (κ3) is 5.16. The lowest BCUT2D eigenvalue weighted by atomic mass is 10.0. The number of carboxylic acid groups (broad SMARTS) is 1. The van der Waals surface area contributed by atoms with Crippen molar-refractivity contribution in [3.63, 3.8) is 0 Å². The normalized spacial score (nSPS) is 13.0. The quantitative estimate of drug-likeness (QED) is 0.343. The number of rotatable bonds is 8. The van der Waals surface area contributed by atoms with Crippen molar-refractivity contribution in [2.45, 2.75) is 19.4 Å². The average Bonchev–Trinajstić information content (AvgIpc) is 2.46. The first-order chi connectivity index (χ1) is 10.0. The predicted molar refractivity (Wildman–Crippen MR) is 82.8 cm³/mol. The molecule has 1 atom stereocenters. The summed E-state index contributed by atoms with van der Waals surface area (Å²) in [7, 11) is 0. The number of ketones is 1. The van der Waals surface area contributed by atoms with E-state index in [9.17, 15) is 14.7 Å². The van der Waals surface area contributed by atoms with Crippen LogP contribution in [0.1, 0.15) is 18.9 Å². The molecule has 0 aliphatic heterocycles. The van der Waals surface area contributed by atoms with E-state index < -0.39 is 17.9 Å². The summed E-state index contributed by atoms with van der Waals surface area (Å²) in [6.07, 6.45) is 0.802. The van der Waals surface area contributed by atoms with Crippen LogP contribution in [-0.2, 0) is 14.3 Å². The molecule has 0 aliphatic carbocycles. The zero-order valence-corrected chi connectivity index (χ0v) is 13.0. The maximum absolute atomic E-state index is 12.3. The van der Waals surface area contributed by atoms with Gasteiger partial charge in [0.2, 0.25) is 0 Å². The number of aliphatic carboxylic acids is 1. The summed E-state index contributed by atoms with van der Waals surface area (Å²) in [5, 5.41) is 9.63. The van der Waals surface area contributed by atoms with E-state index in [1.165, 1.54) is 6.08 Å². The molecule has 6 heteroatoms. The third-order valence-electron chi connectivity index (χ3n) is 2.76. The molecule has 0 bridgehead atoms. The molecule has 1 aromatic carbocycles. The third-order valence-corrected chi connectivity index (χ3v) is 3.26. The molecule has 0 aromatic heterocycles. The van der Waals surface area contributed by atoms with Gasteiger partial charge in [-0.05, 0) is 24.1 Å². The minimum atomic E-state index is -1.31. The van der Waals surface area contributed by atoms with Crippen LogP contribution >= 0.6 is 23.2 Å². The number of carbonyl (C=O) groups is 2. The second-order valence-corrected chi connectivity index (χ2v) is 4.99. The lowest BCUT2D eigenvalue weighted by Gasteiger charge is -2.14. The molecule has 0 spiro atoms. The molecular formula is C15H16Cl2O4. The van der Waals surface area contributed by atoms with Crippen molar-refractivity contribution in [3.05, 3.63) is 40.4 Å². The first-order valence-corrected chi connectivity index (χ1v) is 7.33. The number of hydrogen-bond donors (Lipinski definition) is 1. The Bertz CT molecular complexity index is 540. The van der Waals surface area contributed by atoms with Crippen LogP contribution in [0.25, 0.3) is 6.08 Å². The first-order valence-electron chi connectivity index (χ1n) is 6.42. The van der Waals surface area contributed by atoms with Crippen LogP contribution in [0, 0.1) is 0 Å². The zero-order chi connectivity index (χ0) is 15.8. The highest BCUT2D eigenvalue weighted by Crippen LogP contribution is 2.20. The number of carboxylic acids is 1. The van der Waals surface area contributed by atoms with E-state index in [-0.39, 0.29) is 18.1 Å². The fourth-order valence-corrected chi connectivity index (χ4v) is 2.00. The van der Waals surface area contributed by atoms with Gasteiger partial charge in [0.15, 0.2) is 5.78 Å². The number of carbonyl (C=O) groups excluding carboxylic acids is 1. The minimum absolute atomic E-state index is 0.185. The van der Waals surface area contributed by atoms with Gasteiger partial charge in [-0.1, -0.05) is 36.7 Å². The van der Waals surface area contributed by atoms with Crippen molar-refractivity contribution >= 4 is 41.0 Å². The number of halogens is 2. The van der Waals surface area contributed by atoms with Gasteiger partial charge in [0.1, 0.15) is 11.7 Å². The Labute approximate surface area is 133 Å². The Balaban J connectivity index is 3.09. The summed E-state index contributed by atoms with van der Waals surface area (Å²) >= 11 is 11.5. The van der Waals surface area contributed by atoms with Gasteiger partial charge < -0.3 is 9.84 Å². The monoisotopic (exact) mass is 330 g/mol. The van der Waals surface area contributed by atoms with Crippen LogP contribution < -0.4 is 0 Å². The fraction of sp³-hybridized carbons (Fsp3) is 0.333. The molecule has 0 saturated carbocycles. The first kappa shape index (κ1) is 17.7. The lowest BCUT2D eigenvalue weighted by molar-refractivity contribution is -0.137. The zero-order valence-electron chi connectivity index (χ0n) is 11.5. The summed E-state index contributed by atoms with van der Waals surface area (Å²) in [5.74, 6) is -1.66. The van der Waals surface area contributed by atoms with Crippen molar-refractivity contribution in [2.24, 2.45) is 0 Å². The van der Waals surface area contributed by atoms with Crippen molar-refractivity contribution in [3.8, 4) is 0 Å². The van der Waals surface area contributed by atoms with Crippen LogP contribution in [0.15, 0.2) is 29.8 Å². The summed E-state index contributed by atoms with van der Waals surface area (Å²) < 4.78 is 5.28. The van der Waals surface area contributed by atoms with E-state index in [1.807, 2.05) is 0 Å². The summed E-state index contributed by atoms with van der Waals surface area (Å²) in [6, 6.07) is 6.70. The standard InChI is InChI=1S/C15H16Cl2O4/c1-2-13(21-8-7-16)14(18)11(15(19)20)9-10-5-3-4-6-12(10)17/h3-6,9,13H,2,7-8H2,1H3,(H,19,20). The van der Waals surface area contributed by atoms with Crippen LogP contribution in [0.5, 0.6) is 0 Å². The van der Waals surface area contributed by atoms with Crippen LogP contribution in [0.3, 0.4) is 0 Å². The van der Waals surface area contributed by atoms with Gasteiger partial charge in [0, 0.05) is 10.9 Å². The minimum Gasteiger partial charge on any atom is -0.478 e. The van der Waals surface area contributed by atoms with Crippen molar-refractivity contribution in [2.75, 3.05) is 12.5 Å². The van der Waals surface area contributed by atoms with E-state index in [2.05, 4.69) is 0 Å². The molecule has 21 heavy (non-hydrogen) atoms. The summed E-state index contributed by atoms with van der Waals surface area (Å²) in [6.45, 7) is 1.93. The molecule has 0 radical (unpaired) electrons. The van der Waals surface area contributed by atoms with E-state index in [4.69, 9.17) is 27.9 Å². The molecule has 1 rings (SSSR count). The van der Waals surface area contributed by atoms with Gasteiger partial charge in [-0.3, -0.25) is 4.79 Å². The number of alkyl halides is 1. The van der Waals surface area contributed by atoms with Crippen LogP contribution in [0.2, 0.25) is 5.02 Å². The van der Waals surface area contributed by atoms with E-state index in [1.54, 1.807) is 31.2 Å². The largest absolute Gasteiger partial charge is 0.478 e. The average molecular weight is 331 g/mol. The Morgan fingerprint density at radius 1 is 1.38 bits per heavy atom. The molecule has 4 nitrogen and oxygen atoms in total. The molecule has 0 saturated heterocycles. The van der Waals surface area contributed by atoms with Crippen molar-refractivity contribution in [1.29, 1.82) is 0 Å². The molecule has 1 aromatic rings. The molecule has 0 fully saturated rings. The molecule has 0 amide bonds. The Hall–Kier alpha value is -1.36. The molecule has 114 valence electrons. The fourth-order valence-electron chi connectivity index (χ4n) is 1.73. The van der Waals surface area contributed by atoms with Gasteiger partial charge in [0.05, 0.1) is 6.61 Å². The van der Waals surface area contributed by atoms with Crippen molar-refractivity contribution < 1.29 is 19.4 Å². The smallest absolute Gasteiger partial charge is 0.339 e. The lowest BCUT2D eigenvalue weighted by Crippen LogP contribution is -2.28. The highest BCUT2D eigenvalue weighted by atomic mass is 35.5. The summed E-state index contributed by atoms with van der Waals surface area (Å²) in [4.78, 5) is 23.6. The van der Waals surface area contributed by atoms with Gasteiger partial charge in [-0.2, -0.15) is 0 Å². The Kier molecular flexibility index (Phi) is 7.43. The Morgan fingerprint density at radius 3 is 2.57 bits per heavy atom. The van der Waals surface area contributed by atoms with Gasteiger partial charge in [-0.15, -0.1) is 11.6 Å². The highest BCUT2D eigenvalue weighted by Gasteiger charge is 2.26. The Morgan fingerprint density at radius 2 is 2.05 bits per heavy atom. The number of hydrogen-bond acceptors (Lipinski definition) is 3. The number of benzene rings is 1. The topological polar surface area (TPSA) is 63.6 Å². The maximum Gasteiger partial charge on any atom is 0.339 e. The SMILES string of the molecule is CCC(OCCCl)C(=O)C(=Cc1ccccc1Cl)C(=O)O. The molecule has 0 heterocycles. The van der Waals surface area contributed by atoms with Gasteiger partial charge in [-0.25, -0.2) is 4.79 Å². The van der Waals surface area contributed by atoms with E-state index in [0.717, 1.165) is 0 Å². The van der Waals surface area contributed by atoms with Gasteiger partial charge >= 0.3 is 5.97 Å². The molecule has 0 aliphatic rings. The van der Waals surface area contributed by atoms with Gasteiger partial charge in [0.25, 0.3) is 0 Å². The van der Waals surface area contributed by atoms with E-state index >= 15 is 0 Å². The number of ether oxygens (including phenoxy) is 1. The van der Waals surface area contributed by atoms with Crippen LogP contribution in [-0.4, -0.2) is 35.4 Å². The number of Topliss-reactive ketones (excluding diaryl/α,β-unsaturated/α-hetero) is 1. The van der Waals surface area contributed by atoms with Crippen LogP contribution in [0.4, 0.5) is 0 Å². The molecular weight excluding hydrogens is 315 g/mol. The maximum atomic E-state index is 12.3. The molecule has 1 unspecified atom stereocenters.